The summed E-state index contributed by atoms with van der Waals surface area (Å²) in [6, 6.07) is 11.3. The van der Waals surface area contributed by atoms with Crippen LogP contribution >= 0.6 is 0 Å². The van der Waals surface area contributed by atoms with Gasteiger partial charge in [-0.05, 0) is 36.8 Å². The lowest BCUT2D eigenvalue weighted by molar-refractivity contribution is 0.102. The second kappa shape index (κ2) is 5.62. The molecular formula is C15H15N5O. The van der Waals surface area contributed by atoms with E-state index >= 15 is 0 Å². The number of aromatic nitrogens is 4. The summed E-state index contributed by atoms with van der Waals surface area (Å²) in [6.45, 7) is 2.56. The van der Waals surface area contributed by atoms with Crippen molar-refractivity contribution in [1.29, 1.82) is 0 Å². The number of nitrogens with zero attached hydrogens (tertiary/aromatic N) is 3. The Labute approximate surface area is 121 Å². The highest BCUT2D eigenvalue weighted by molar-refractivity contribution is 6.02. The highest BCUT2D eigenvalue weighted by atomic mass is 16.1. The number of amides is 1. The van der Waals surface area contributed by atoms with Crippen LogP contribution in [-0.4, -0.2) is 25.9 Å². The molecule has 0 atom stereocenters. The van der Waals surface area contributed by atoms with Crippen molar-refractivity contribution in [2.75, 3.05) is 5.32 Å². The number of carbonyl (C=O) groups is 1. The van der Waals surface area contributed by atoms with Gasteiger partial charge in [-0.3, -0.25) is 14.6 Å². The minimum atomic E-state index is -0.223. The van der Waals surface area contributed by atoms with Gasteiger partial charge in [0, 0.05) is 23.8 Å². The number of carbonyl (C=O) groups excluding carboxylic acids is 1. The molecule has 1 amide bonds. The van der Waals surface area contributed by atoms with E-state index in [0.29, 0.717) is 12.2 Å². The maximum atomic E-state index is 12.0. The van der Waals surface area contributed by atoms with Crippen molar-refractivity contribution in [2.45, 2.75) is 13.5 Å². The highest BCUT2D eigenvalue weighted by Gasteiger charge is 2.09. The second-order valence-corrected chi connectivity index (χ2v) is 4.79. The second-order valence-electron chi connectivity index (χ2n) is 4.79. The summed E-state index contributed by atoms with van der Waals surface area (Å²) in [5, 5.41) is 13.7. The molecule has 0 spiro atoms. The molecule has 3 aromatic rings. The van der Waals surface area contributed by atoms with E-state index in [1.807, 2.05) is 48.1 Å². The number of hydrogen-bond acceptors (Lipinski definition) is 3. The quantitative estimate of drug-likeness (QED) is 0.770. The van der Waals surface area contributed by atoms with Gasteiger partial charge >= 0.3 is 0 Å². The van der Waals surface area contributed by atoms with Gasteiger partial charge in [0.1, 0.15) is 0 Å². The van der Waals surface area contributed by atoms with Crippen LogP contribution in [0, 0.1) is 6.92 Å². The molecule has 0 saturated carbocycles. The van der Waals surface area contributed by atoms with Gasteiger partial charge < -0.3 is 5.32 Å². The zero-order valence-corrected chi connectivity index (χ0v) is 11.6. The van der Waals surface area contributed by atoms with Crippen molar-refractivity contribution in [3.05, 3.63) is 65.7 Å². The first-order valence-electron chi connectivity index (χ1n) is 6.60. The molecule has 21 heavy (non-hydrogen) atoms. The topological polar surface area (TPSA) is 75.6 Å². The third-order valence-electron chi connectivity index (χ3n) is 3.05. The Morgan fingerprint density at radius 2 is 2.14 bits per heavy atom. The number of anilines is 1. The van der Waals surface area contributed by atoms with Gasteiger partial charge in [0.25, 0.3) is 5.91 Å². The maximum absolute atomic E-state index is 12.0. The molecule has 6 heteroatoms. The molecule has 2 heterocycles. The van der Waals surface area contributed by atoms with Crippen molar-refractivity contribution >= 4 is 11.6 Å². The first-order valence-corrected chi connectivity index (χ1v) is 6.60. The smallest absolute Gasteiger partial charge is 0.276 e. The summed E-state index contributed by atoms with van der Waals surface area (Å²) in [7, 11) is 0. The lowest BCUT2D eigenvalue weighted by Crippen LogP contribution is -2.12. The minimum absolute atomic E-state index is 0.223. The van der Waals surface area contributed by atoms with Crippen LogP contribution in [0.25, 0.3) is 0 Å². The molecule has 0 saturated heterocycles. The van der Waals surface area contributed by atoms with Crippen LogP contribution in [0.2, 0.25) is 0 Å². The molecule has 3 rings (SSSR count). The first kappa shape index (κ1) is 13.1. The molecule has 0 radical (unpaired) electrons. The Balaban J connectivity index is 1.65. The number of rotatable bonds is 4. The number of nitrogens with one attached hydrogen (secondary N) is 2. The molecule has 0 bridgehead atoms. The number of benzene rings is 1. The number of aryl methyl sites for hydroxylation is 1. The average molecular weight is 281 g/mol. The SMILES string of the molecule is Cc1cc(C(=O)Nc2ccc(Cn3cccn3)cc2)n[nH]1. The average Bonchev–Trinajstić information content (AvgIpc) is 3.12. The zero-order chi connectivity index (χ0) is 14.7. The fraction of sp³-hybridized carbons (Fsp3) is 0.133. The lowest BCUT2D eigenvalue weighted by atomic mass is 10.2. The Morgan fingerprint density at radius 3 is 2.76 bits per heavy atom. The predicted molar refractivity (Wildman–Crippen MR) is 79.0 cm³/mol. The Kier molecular flexibility index (Phi) is 3.51. The summed E-state index contributed by atoms with van der Waals surface area (Å²) in [5.41, 5.74) is 3.10. The van der Waals surface area contributed by atoms with E-state index in [9.17, 15) is 4.79 Å². The molecule has 0 aliphatic carbocycles. The van der Waals surface area contributed by atoms with Gasteiger partial charge in [-0.1, -0.05) is 12.1 Å². The van der Waals surface area contributed by atoms with Crippen LogP contribution in [0.15, 0.2) is 48.8 Å². The van der Waals surface area contributed by atoms with Crippen molar-refractivity contribution in [1.82, 2.24) is 20.0 Å². The van der Waals surface area contributed by atoms with Crippen LogP contribution in [-0.2, 0) is 6.54 Å². The predicted octanol–water partition coefficient (Wildman–Crippen LogP) is 2.22. The van der Waals surface area contributed by atoms with E-state index < -0.39 is 0 Å². The minimum Gasteiger partial charge on any atom is -0.321 e. The molecule has 0 fully saturated rings. The summed E-state index contributed by atoms with van der Waals surface area (Å²) in [6.07, 6.45) is 3.66. The van der Waals surface area contributed by atoms with E-state index in [1.54, 1.807) is 12.3 Å². The Bertz CT molecular complexity index is 728. The van der Waals surface area contributed by atoms with Crippen molar-refractivity contribution in [3.8, 4) is 0 Å². The fourth-order valence-corrected chi connectivity index (χ4v) is 2.00. The van der Waals surface area contributed by atoms with E-state index in [2.05, 4.69) is 20.6 Å². The first-order chi connectivity index (χ1) is 10.2. The van der Waals surface area contributed by atoms with Gasteiger partial charge in [-0.25, -0.2) is 0 Å². The summed E-state index contributed by atoms with van der Waals surface area (Å²) in [5.74, 6) is -0.223. The maximum Gasteiger partial charge on any atom is 0.276 e. The van der Waals surface area contributed by atoms with Crippen LogP contribution in [0.1, 0.15) is 21.7 Å². The number of aromatic amines is 1. The summed E-state index contributed by atoms with van der Waals surface area (Å²) < 4.78 is 1.85. The van der Waals surface area contributed by atoms with E-state index in [0.717, 1.165) is 16.9 Å². The molecule has 2 N–H and O–H groups in total. The summed E-state index contributed by atoms with van der Waals surface area (Å²) >= 11 is 0. The van der Waals surface area contributed by atoms with Gasteiger partial charge in [-0.15, -0.1) is 0 Å². The fourth-order valence-electron chi connectivity index (χ4n) is 2.00. The van der Waals surface area contributed by atoms with E-state index in [4.69, 9.17) is 0 Å². The van der Waals surface area contributed by atoms with Crippen LogP contribution in [0.4, 0.5) is 5.69 Å². The third kappa shape index (κ3) is 3.17. The lowest BCUT2D eigenvalue weighted by Gasteiger charge is -2.05. The summed E-state index contributed by atoms with van der Waals surface area (Å²) in [4.78, 5) is 12.0. The molecule has 0 unspecified atom stereocenters. The molecule has 106 valence electrons. The van der Waals surface area contributed by atoms with E-state index in [-0.39, 0.29) is 5.91 Å². The number of hydrogen-bond donors (Lipinski definition) is 2. The van der Waals surface area contributed by atoms with Crippen LogP contribution in [0.5, 0.6) is 0 Å². The molecular weight excluding hydrogens is 266 g/mol. The van der Waals surface area contributed by atoms with Crippen molar-refractivity contribution < 1.29 is 4.79 Å². The molecule has 0 aliphatic heterocycles. The number of H-pyrrole nitrogens is 1. The molecule has 6 nitrogen and oxygen atoms in total. The zero-order valence-electron chi connectivity index (χ0n) is 11.6. The van der Waals surface area contributed by atoms with Crippen molar-refractivity contribution in [3.63, 3.8) is 0 Å². The third-order valence-corrected chi connectivity index (χ3v) is 3.05. The van der Waals surface area contributed by atoms with Gasteiger partial charge in [0.15, 0.2) is 5.69 Å². The van der Waals surface area contributed by atoms with Crippen molar-refractivity contribution in [2.24, 2.45) is 0 Å². The van der Waals surface area contributed by atoms with Gasteiger partial charge in [-0.2, -0.15) is 10.2 Å². The van der Waals surface area contributed by atoms with Crippen LogP contribution in [0.3, 0.4) is 0 Å². The Hall–Kier alpha value is -2.89. The normalized spacial score (nSPS) is 10.5. The van der Waals surface area contributed by atoms with Crippen LogP contribution < -0.4 is 5.32 Å². The molecule has 0 aliphatic rings. The van der Waals surface area contributed by atoms with Gasteiger partial charge in [0.05, 0.1) is 6.54 Å². The highest BCUT2D eigenvalue weighted by Crippen LogP contribution is 2.12. The standard InChI is InChI=1S/C15H15N5O/c1-11-9-14(19-18-11)15(21)17-13-5-3-12(4-6-13)10-20-8-2-7-16-20/h2-9H,10H2,1H3,(H,17,21)(H,18,19). The van der Waals surface area contributed by atoms with E-state index in [1.165, 1.54) is 0 Å². The van der Waals surface area contributed by atoms with Gasteiger partial charge in [0.2, 0.25) is 0 Å². The largest absolute Gasteiger partial charge is 0.321 e. The monoisotopic (exact) mass is 281 g/mol. The Morgan fingerprint density at radius 1 is 1.33 bits per heavy atom. The molecule has 1 aromatic carbocycles. The molecule has 2 aromatic heterocycles.